The lowest BCUT2D eigenvalue weighted by molar-refractivity contribution is -0.266. The van der Waals surface area contributed by atoms with Gasteiger partial charge in [-0.1, -0.05) is 6.58 Å². The molecule has 3 aliphatic rings. The molecule has 16 nitrogen and oxygen atoms in total. The number of hydrogen-bond acceptors (Lipinski definition) is 13. The summed E-state index contributed by atoms with van der Waals surface area (Å²) in [5.74, 6) is -0.642. The van der Waals surface area contributed by atoms with E-state index >= 15 is 0 Å². The third kappa shape index (κ3) is 7.91. The summed E-state index contributed by atoms with van der Waals surface area (Å²) in [6, 6.07) is -0.902. The van der Waals surface area contributed by atoms with Crippen molar-refractivity contribution in [1.29, 1.82) is 0 Å². The summed E-state index contributed by atoms with van der Waals surface area (Å²) in [6.45, 7) is 7.26. The van der Waals surface area contributed by atoms with Crippen LogP contribution in [0.25, 0.3) is 0 Å². The Kier molecular flexibility index (Phi) is 9.36. The average Bonchev–Trinajstić information content (AvgIpc) is 3.11. The molecule has 3 rings (SSSR count). The fourth-order valence-electron chi connectivity index (χ4n) is 3.94. The summed E-state index contributed by atoms with van der Waals surface area (Å²) >= 11 is 0. The minimum atomic E-state index is -5.60. The van der Waals surface area contributed by atoms with E-state index < -0.39 is 71.1 Å². The SMILES string of the molecule is C=C1NC(=O)C(C)=CN1[C@H]1CC(O)[C@@H](COP(=O)(O)OP(=O)([O-])O[C@H]2OC(C)C[C@H](NC(C)=O)C2O)O1. The molecule has 9 atom stereocenters. The lowest BCUT2D eigenvalue weighted by Gasteiger charge is -2.40. The first-order chi connectivity index (χ1) is 17.1. The van der Waals surface area contributed by atoms with Gasteiger partial charge in [-0.2, -0.15) is 0 Å². The second kappa shape index (κ2) is 11.6. The molecule has 2 amide bonds. The third-order valence-electron chi connectivity index (χ3n) is 5.64. The van der Waals surface area contributed by atoms with Gasteiger partial charge < -0.3 is 45.0 Å². The maximum Gasteiger partial charge on any atom is 0.478 e. The molecular weight excluding hydrogens is 540 g/mol. The van der Waals surface area contributed by atoms with Crippen molar-refractivity contribution < 1.29 is 61.6 Å². The summed E-state index contributed by atoms with van der Waals surface area (Å²) in [5, 5.41) is 25.5. The van der Waals surface area contributed by atoms with Gasteiger partial charge in [0.15, 0.2) is 6.29 Å². The molecule has 0 aromatic rings. The molecule has 2 fully saturated rings. The standard InChI is InChI=1S/C19H31N3O13P2/c1-9-7-22(11(3)20-18(9)26)16-6-14(24)15(33-16)8-31-36(27,28)35-37(29,30)34-19-17(25)13(21-12(4)23)5-10(2)32-19/h7,10,13-17,19,24-25H,3,5-6,8H2,1-2,4H3,(H,20,26)(H,21,23)(H,27,28)(H,29,30)/p-1/t10?,13-,14?,15+,16+,17?,19+/m0/s1. The maximum atomic E-state index is 12.3. The Hall–Kier alpha value is -1.68. The lowest BCUT2D eigenvalue weighted by Crippen LogP contribution is -2.55. The number of hydrogen-bond donors (Lipinski definition) is 5. The minimum Gasteiger partial charge on any atom is -0.756 e. The van der Waals surface area contributed by atoms with E-state index in [1.54, 1.807) is 6.92 Å². The molecule has 18 heteroatoms. The largest absolute Gasteiger partial charge is 0.756 e. The van der Waals surface area contributed by atoms with Crippen molar-refractivity contribution in [2.75, 3.05) is 6.61 Å². The second-order valence-corrected chi connectivity index (χ2v) is 11.8. The van der Waals surface area contributed by atoms with Crippen molar-refractivity contribution in [2.24, 2.45) is 0 Å². The van der Waals surface area contributed by atoms with E-state index in [4.69, 9.17) is 14.0 Å². The van der Waals surface area contributed by atoms with Gasteiger partial charge in [0.25, 0.3) is 13.7 Å². The van der Waals surface area contributed by atoms with Gasteiger partial charge in [-0.05, 0) is 20.3 Å². The third-order valence-corrected chi connectivity index (χ3v) is 8.21. The van der Waals surface area contributed by atoms with Crippen LogP contribution in [-0.2, 0) is 41.6 Å². The van der Waals surface area contributed by atoms with Crippen molar-refractivity contribution in [3.63, 3.8) is 0 Å². The fourth-order valence-corrected chi connectivity index (χ4v) is 6.06. The number of carbonyl (C=O) groups excluding carboxylic acids is 2. The summed E-state index contributed by atoms with van der Waals surface area (Å²) in [6.07, 6.45) is -5.62. The zero-order valence-electron chi connectivity index (χ0n) is 20.2. The Bertz CT molecular complexity index is 1040. The molecule has 0 aliphatic carbocycles. The first-order valence-electron chi connectivity index (χ1n) is 11.2. The molecule has 3 aliphatic heterocycles. The van der Waals surface area contributed by atoms with Gasteiger partial charge in [0.2, 0.25) is 5.91 Å². The molecule has 2 saturated heterocycles. The van der Waals surface area contributed by atoms with Crippen LogP contribution in [0.15, 0.2) is 24.2 Å². The van der Waals surface area contributed by atoms with Crippen molar-refractivity contribution in [2.45, 2.75) is 76.6 Å². The van der Waals surface area contributed by atoms with E-state index in [1.807, 2.05) is 0 Å². The van der Waals surface area contributed by atoms with Crippen LogP contribution in [0.5, 0.6) is 0 Å². The van der Waals surface area contributed by atoms with Crippen LogP contribution in [-0.4, -0.2) is 81.4 Å². The normalized spacial score (nSPS) is 35.8. The molecule has 210 valence electrons. The first-order valence-corrected chi connectivity index (χ1v) is 14.1. The Balaban J connectivity index is 1.56. The molecule has 3 heterocycles. The number of nitrogens with zero attached hydrogens (tertiary/aromatic N) is 1. The monoisotopic (exact) mass is 570 g/mol. The van der Waals surface area contributed by atoms with Crippen molar-refractivity contribution in [1.82, 2.24) is 15.5 Å². The van der Waals surface area contributed by atoms with Gasteiger partial charge in [0, 0.05) is 25.1 Å². The predicted molar refractivity (Wildman–Crippen MR) is 120 cm³/mol. The number of aliphatic hydroxyl groups excluding tert-OH is 2. The quantitative estimate of drug-likeness (QED) is 0.207. The lowest BCUT2D eigenvalue weighted by atomic mass is 10.0. The van der Waals surface area contributed by atoms with E-state index in [0.717, 1.165) is 0 Å². The Morgan fingerprint density at radius 3 is 2.68 bits per heavy atom. The number of ether oxygens (including phenoxy) is 2. The fraction of sp³-hybridized carbons (Fsp3) is 0.684. The molecular formula is C19H30N3O13P2-. The van der Waals surface area contributed by atoms with Gasteiger partial charge in [-0.15, -0.1) is 0 Å². The van der Waals surface area contributed by atoms with E-state index in [1.165, 1.54) is 24.9 Å². The number of phosphoric ester groups is 2. The number of nitrogens with one attached hydrogen (secondary N) is 2. The van der Waals surface area contributed by atoms with E-state index in [0.29, 0.717) is 5.57 Å². The van der Waals surface area contributed by atoms with Gasteiger partial charge in [-0.3, -0.25) is 23.2 Å². The van der Waals surface area contributed by atoms with Crippen molar-refractivity contribution in [3.8, 4) is 0 Å². The molecule has 5 N–H and O–H groups in total. The van der Waals surface area contributed by atoms with Crippen LogP contribution >= 0.6 is 15.6 Å². The van der Waals surface area contributed by atoms with Crippen molar-refractivity contribution in [3.05, 3.63) is 24.2 Å². The zero-order valence-corrected chi connectivity index (χ0v) is 22.0. The molecule has 5 unspecified atom stereocenters. The van der Waals surface area contributed by atoms with E-state index in [9.17, 15) is 38.7 Å². The van der Waals surface area contributed by atoms with Gasteiger partial charge in [0.05, 0.1) is 24.9 Å². The smallest absolute Gasteiger partial charge is 0.478 e. The first kappa shape index (κ1) is 29.9. The number of carbonyl (C=O) groups is 2. The van der Waals surface area contributed by atoms with E-state index in [2.05, 4.69) is 26.0 Å². The number of phosphoric acid groups is 2. The summed E-state index contributed by atoms with van der Waals surface area (Å²) in [7, 11) is -10.9. The Labute approximate surface area is 212 Å². The highest BCUT2D eigenvalue weighted by atomic mass is 31.3. The van der Waals surface area contributed by atoms with Crippen LogP contribution in [0.1, 0.15) is 33.6 Å². The molecule has 0 spiro atoms. The molecule has 37 heavy (non-hydrogen) atoms. The topological polar surface area (TPSA) is 225 Å². The summed E-state index contributed by atoms with van der Waals surface area (Å²) in [5.41, 5.74) is 0.356. The summed E-state index contributed by atoms with van der Waals surface area (Å²) < 4.78 is 48.9. The highest BCUT2D eigenvalue weighted by Crippen LogP contribution is 2.59. The molecule has 0 bridgehead atoms. The molecule has 0 aromatic heterocycles. The highest BCUT2D eigenvalue weighted by Gasteiger charge is 2.43. The minimum absolute atomic E-state index is 0.0109. The van der Waals surface area contributed by atoms with Crippen LogP contribution in [0, 0.1) is 0 Å². The van der Waals surface area contributed by atoms with Crippen LogP contribution in [0.2, 0.25) is 0 Å². The second-order valence-electron chi connectivity index (χ2n) is 8.80. The van der Waals surface area contributed by atoms with E-state index in [-0.39, 0.29) is 24.6 Å². The van der Waals surface area contributed by atoms with Gasteiger partial charge >= 0.3 is 7.82 Å². The van der Waals surface area contributed by atoms with Crippen molar-refractivity contribution >= 4 is 27.5 Å². The van der Waals surface area contributed by atoms with Crippen LogP contribution in [0.3, 0.4) is 0 Å². The Morgan fingerprint density at radius 2 is 2.03 bits per heavy atom. The highest BCUT2D eigenvalue weighted by molar-refractivity contribution is 7.60. The molecule has 0 radical (unpaired) electrons. The number of aliphatic hydroxyl groups is 2. The average molecular weight is 570 g/mol. The predicted octanol–water partition coefficient (Wildman–Crippen LogP) is -1.11. The van der Waals surface area contributed by atoms with Crippen LogP contribution in [0.4, 0.5) is 0 Å². The zero-order chi connectivity index (χ0) is 27.7. The Morgan fingerprint density at radius 1 is 1.35 bits per heavy atom. The maximum absolute atomic E-state index is 12.3. The number of rotatable bonds is 9. The number of amides is 2. The van der Waals surface area contributed by atoms with Gasteiger partial charge in [-0.25, -0.2) is 8.88 Å². The van der Waals surface area contributed by atoms with Gasteiger partial charge in [0.1, 0.15) is 24.3 Å². The summed E-state index contributed by atoms with van der Waals surface area (Å²) in [4.78, 5) is 46.6. The molecule has 0 saturated carbocycles. The molecule has 0 aromatic carbocycles. The van der Waals surface area contributed by atoms with Crippen LogP contribution < -0.4 is 15.5 Å².